The quantitative estimate of drug-likeness (QED) is 0.392. The lowest BCUT2D eigenvalue weighted by molar-refractivity contribution is -0.160. The maximum absolute atomic E-state index is 12.0. The lowest BCUT2D eigenvalue weighted by Gasteiger charge is -2.45. The minimum absolute atomic E-state index is 0.490. The molecule has 0 bridgehead atoms. The Labute approximate surface area is 124 Å². The number of carboxylic acids is 1. The summed E-state index contributed by atoms with van der Waals surface area (Å²) in [7, 11) is -9.67. The van der Waals surface area contributed by atoms with Gasteiger partial charge in [-0.05, 0) is 6.92 Å². The molecule has 3 atom stereocenters. The zero-order valence-corrected chi connectivity index (χ0v) is 12.5. The average Bonchev–Trinajstić information content (AvgIpc) is 2.61. The monoisotopic (exact) mass is 357 g/mol. The zero-order valence-electron chi connectivity index (χ0n) is 10.9. The minimum atomic E-state index is -4.84. The Morgan fingerprint density at radius 2 is 1.86 bits per heavy atom. The molecule has 1 saturated heterocycles. The molecular formula is C9H11NO10S2. The predicted octanol–water partition coefficient (Wildman–Crippen LogP) is -1.39. The molecule has 11 nitrogen and oxygen atoms in total. The van der Waals surface area contributed by atoms with Gasteiger partial charge < -0.3 is 10.0 Å². The first-order valence-corrected chi connectivity index (χ1v) is 8.58. The van der Waals surface area contributed by atoms with Crippen LogP contribution in [0.5, 0.6) is 0 Å². The number of hydrogen-bond donors (Lipinski definition) is 3. The van der Waals surface area contributed by atoms with Gasteiger partial charge in [0.1, 0.15) is 10.6 Å². The number of carbonyl (C=O) groups is 2. The second kappa shape index (κ2) is 4.99. The Morgan fingerprint density at radius 1 is 1.32 bits per heavy atom. The highest BCUT2D eigenvalue weighted by molar-refractivity contribution is 7.89. The Hall–Kier alpha value is -1.54. The molecule has 2 aliphatic heterocycles. The van der Waals surface area contributed by atoms with E-state index in [9.17, 15) is 26.4 Å². The van der Waals surface area contributed by atoms with Gasteiger partial charge in [-0.1, -0.05) is 0 Å². The molecule has 0 spiro atoms. The second-order valence-electron chi connectivity index (χ2n) is 4.79. The van der Waals surface area contributed by atoms with Crippen molar-refractivity contribution in [2.45, 2.75) is 25.5 Å². The fourth-order valence-corrected chi connectivity index (χ4v) is 4.01. The summed E-state index contributed by atoms with van der Waals surface area (Å²) in [5.74, 6) is -3.77. The number of aliphatic carboxylic acids is 1. The van der Waals surface area contributed by atoms with E-state index in [1.807, 2.05) is 0 Å². The minimum Gasteiger partial charge on any atom is -0.477 e. The fourth-order valence-electron chi connectivity index (χ4n) is 2.70. The van der Waals surface area contributed by atoms with Crippen LogP contribution in [-0.4, -0.2) is 60.0 Å². The van der Waals surface area contributed by atoms with E-state index in [2.05, 4.69) is 4.18 Å². The van der Waals surface area contributed by atoms with Crippen molar-refractivity contribution in [3.05, 3.63) is 10.6 Å². The van der Waals surface area contributed by atoms with Crippen LogP contribution in [0, 0.1) is 5.92 Å². The highest BCUT2D eigenvalue weighted by Gasteiger charge is 2.59. The summed E-state index contributed by atoms with van der Waals surface area (Å²) in [5, 5.41) is 9.00. The first kappa shape index (κ1) is 16.8. The zero-order chi connectivity index (χ0) is 17.0. The molecule has 0 aliphatic carbocycles. The number of β-lactam (4-membered cyclic amide) rings is 1. The van der Waals surface area contributed by atoms with Crippen molar-refractivity contribution in [3.63, 3.8) is 0 Å². The number of rotatable bonds is 5. The molecule has 2 heterocycles. The summed E-state index contributed by atoms with van der Waals surface area (Å²) in [4.78, 5) is 22.9. The Bertz CT molecular complexity index is 779. The molecule has 1 amide bonds. The van der Waals surface area contributed by atoms with Crippen LogP contribution in [0.25, 0.3) is 0 Å². The van der Waals surface area contributed by atoms with Crippen LogP contribution in [0.4, 0.5) is 0 Å². The van der Waals surface area contributed by atoms with Crippen LogP contribution < -0.4 is 0 Å². The van der Waals surface area contributed by atoms with Gasteiger partial charge in [-0.25, -0.2) is 8.98 Å². The van der Waals surface area contributed by atoms with E-state index >= 15 is 0 Å². The van der Waals surface area contributed by atoms with Gasteiger partial charge in [0.05, 0.1) is 18.1 Å². The van der Waals surface area contributed by atoms with Gasteiger partial charge in [-0.2, -0.15) is 16.8 Å². The predicted molar refractivity (Wildman–Crippen MR) is 67.0 cm³/mol. The Kier molecular flexibility index (Phi) is 3.81. The molecule has 3 N–H and O–H groups in total. The molecule has 124 valence electrons. The van der Waals surface area contributed by atoms with Gasteiger partial charge in [-0.3, -0.25) is 13.9 Å². The molecule has 13 heteroatoms. The van der Waals surface area contributed by atoms with Gasteiger partial charge in [0.15, 0.2) is 0 Å². The molecule has 3 unspecified atom stereocenters. The third kappa shape index (κ3) is 2.72. The summed E-state index contributed by atoms with van der Waals surface area (Å²) in [6.07, 6.45) is -1.82. The van der Waals surface area contributed by atoms with Crippen LogP contribution in [0.15, 0.2) is 10.6 Å². The Balaban J connectivity index is 2.33. The summed E-state index contributed by atoms with van der Waals surface area (Å²) in [6.45, 7) is 1.15. The Morgan fingerprint density at radius 3 is 2.27 bits per heavy atom. The van der Waals surface area contributed by atoms with E-state index in [1.165, 1.54) is 0 Å². The van der Waals surface area contributed by atoms with E-state index in [0.717, 1.165) is 6.92 Å². The lowest BCUT2D eigenvalue weighted by atomic mass is 9.83. The van der Waals surface area contributed by atoms with Crippen molar-refractivity contribution in [2.75, 3.05) is 0 Å². The van der Waals surface area contributed by atoms with Crippen molar-refractivity contribution >= 4 is 32.4 Å². The molecule has 0 aromatic carbocycles. The molecule has 2 rings (SSSR count). The van der Waals surface area contributed by atoms with Gasteiger partial charge in [-0.15, -0.1) is 0 Å². The summed E-state index contributed by atoms with van der Waals surface area (Å²) in [6, 6.07) is -0.993. The van der Waals surface area contributed by atoms with Crippen LogP contribution in [0.2, 0.25) is 0 Å². The third-order valence-corrected chi connectivity index (χ3v) is 4.99. The molecule has 1 fully saturated rings. The number of amides is 1. The largest absolute Gasteiger partial charge is 0.477 e. The second-order valence-corrected chi connectivity index (χ2v) is 7.28. The lowest BCUT2D eigenvalue weighted by Crippen LogP contribution is -2.62. The van der Waals surface area contributed by atoms with E-state index in [4.69, 9.17) is 14.2 Å². The standard InChI is InChI=1S/C9H11NO10S2/c1-3(20-22(17,18)19)6-4-2-5(21(14,15)16)7(9(12)13)10(4)8(6)11/h3-4,6H,2H2,1H3,(H,12,13)(H,14,15,16)(H,17,18,19). The number of nitrogens with zero attached hydrogens (tertiary/aromatic N) is 1. The van der Waals surface area contributed by atoms with Gasteiger partial charge in [0.25, 0.3) is 10.1 Å². The van der Waals surface area contributed by atoms with Crippen LogP contribution in [0.3, 0.4) is 0 Å². The van der Waals surface area contributed by atoms with Crippen molar-refractivity contribution in [2.24, 2.45) is 5.92 Å². The normalized spacial score (nSPS) is 26.7. The van der Waals surface area contributed by atoms with E-state index < -0.39 is 67.5 Å². The molecule has 0 radical (unpaired) electrons. The van der Waals surface area contributed by atoms with Gasteiger partial charge >= 0.3 is 16.4 Å². The van der Waals surface area contributed by atoms with E-state index in [0.29, 0.717) is 4.90 Å². The van der Waals surface area contributed by atoms with Crippen molar-refractivity contribution in [3.8, 4) is 0 Å². The van der Waals surface area contributed by atoms with Crippen molar-refractivity contribution in [1.29, 1.82) is 0 Å². The highest BCUT2D eigenvalue weighted by atomic mass is 32.3. The maximum Gasteiger partial charge on any atom is 0.397 e. The molecule has 0 aromatic heterocycles. The summed E-state index contributed by atoms with van der Waals surface area (Å²) < 4.78 is 65.6. The van der Waals surface area contributed by atoms with E-state index in [1.54, 1.807) is 0 Å². The molecule has 22 heavy (non-hydrogen) atoms. The topological polar surface area (TPSA) is 176 Å². The fraction of sp³-hybridized carbons (Fsp3) is 0.556. The third-order valence-electron chi connectivity index (χ3n) is 3.46. The molecule has 0 saturated carbocycles. The van der Waals surface area contributed by atoms with Crippen molar-refractivity contribution in [1.82, 2.24) is 4.90 Å². The molecule has 2 aliphatic rings. The van der Waals surface area contributed by atoms with Gasteiger partial charge in [0.2, 0.25) is 5.91 Å². The highest BCUT2D eigenvalue weighted by Crippen LogP contribution is 2.45. The summed E-state index contributed by atoms with van der Waals surface area (Å²) in [5.41, 5.74) is -0.868. The van der Waals surface area contributed by atoms with Gasteiger partial charge in [0, 0.05) is 6.42 Å². The molecular weight excluding hydrogens is 346 g/mol. The average molecular weight is 357 g/mol. The van der Waals surface area contributed by atoms with Crippen molar-refractivity contribution < 1.29 is 44.8 Å². The summed E-state index contributed by atoms with van der Waals surface area (Å²) >= 11 is 0. The van der Waals surface area contributed by atoms with E-state index in [-0.39, 0.29) is 0 Å². The molecule has 0 aromatic rings. The van der Waals surface area contributed by atoms with Crippen LogP contribution in [-0.2, 0) is 34.3 Å². The van der Waals surface area contributed by atoms with Crippen LogP contribution in [0.1, 0.15) is 13.3 Å². The number of hydrogen-bond acceptors (Lipinski definition) is 7. The van der Waals surface area contributed by atoms with Crippen LogP contribution >= 0.6 is 0 Å². The SMILES string of the molecule is CC(OS(=O)(=O)O)C1C(=O)N2C(C(=O)O)=C(S(=O)(=O)O)CC12. The maximum atomic E-state index is 12.0. The number of carboxylic acid groups (broad SMARTS) is 1. The first-order chi connectivity index (χ1) is 9.84. The smallest absolute Gasteiger partial charge is 0.397 e. The first-order valence-electron chi connectivity index (χ1n) is 5.77. The number of carbonyl (C=O) groups excluding carboxylic acids is 1. The number of fused-ring (bicyclic) bond motifs is 1.